The van der Waals surface area contributed by atoms with Crippen LogP contribution in [0.2, 0.25) is 0 Å². The number of para-hydroxylation sites is 2. The van der Waals surface area contributed by atoms with Gasteiger partial charge in [0.2, 0.25) is 0 Å². The van der Waals surface area contributed by atoms with Gasteiger partial charge in [0, 0.05) is 60.0 Å². The molecule has 8 aromatic carbocycles. The van der Waals surface area contributed by atoms with Crippen molar-refractivity contribution in [2.75, 3.05) is 0 Å². The summed E-state index contributed by atoms with van der Waals surface area (Å²) < 4.78 is 12.9. The van der Waals surface area contributed by atoms with E-state index in [1.54, 1.807) is 0 Å². The molecular weight excluding hydrogens is 713 g/mol. The Morgan fingerprint density at radius 3 is 1.69 bits per heavy atom. The van der Waals surface area contributed by atoms with Crippen LogP contribution in [0, 0.1) is 0 Å². The largest absolute Gasteiger partial charge is 0.456 e. The van der Waals surface area contributed by atoms with Crippen LogP contribution in [0.15, 0.2) is 191 Å². The van der Waals surface area contributed by atoms with Crippen molar-refractivity contribution in [1.82, 2.24) is 19.9 Å². The normalized spacial score (nSPS) is 11.8. The fourth-order valence-electron chi connectivity index (χ4n) is 8.43. The van der Waals surface area contributed by atoms with Gasteiger partial charge in [0.25, 0.3) is 0 Å². The number of hydrogen-bond acceptors (Lipinski definition) is 6. The van der Waals surface area contributed by atoms with E-state index in [2.05, 4.69) is 121 Å². The molecule has 0 aliphatic heterocycles. The van der Waals surface area contributed by atoms with Crippen molar-refractivity contribution in [3.63, 3.8) is 0 Å². The van der Waals surface area contributed by atoms with E-state index in [1.165, 1.54) is 0 Å². The molecule has 6 heteroatoms. The summed E-state index contributed by atoms with van der Waals surface area (Å²) in [6, 6.07) is 62.1. The van der Waals surface area contributed by atoms with Gasteiger partial charge in [-0.25, -0.2) is 19.9 Å². The predicted molar refractivity (Wildman–Crippen MR) is 234 cm³/mol. The second-order valence-corrected chi connectivity index (χ2v) is 14.5. The number of benzene rings is 8. The molecule has 4 heterocycles. The summed E-state index contributed by atoms with van der Waals surface area (Å²) in [6.45, 7) is 0. The first-order chi connectivity index (χ1) is 28.7. The van der Waals surface area contributed by atoms with Crippen molar-refractivity contribution in [1.29, 1.82) is 0 Å². The van der Waals surface area contributed by atoms with E-state index in [0.717, 1.165) is 105 Å². The van der Waals surface area contributed by atoms with Crippen LogP contribution in [0.4, 0.5) is 0 Å². The minimum atomic E-state index is 0.553. The lowest BCUT2D eigenvalue weighted by Gasteiger charge is -2.12. The highest BCUT2D eigenvalue weighted by Gasteiger charge is 2.21. The summed E-state index contributed by atoms with van der Waals surface area (Å²) in [5, 5.41) is 7.37. The van der Waals surface area contributed by atoms with E-state index >= 15 is 0 Å². The molecule has 0 fully saturated rings. The van der Waals surface area contributed by atoms with Gasteiger partial charge < -0.3 is 8.83 Å². The molecule has 12 aromatic rings. The van der Waals surface area contributed by atoms with Crippen LogP contribution >= 0.6 is 0 Å². The van der Waals surface area contributed by atoms with Crippen molar-refractivity contribution in [3.05, 3.63) is 182 Å². The summed E-state index contributed by atoms with van der Waals surface area (Å²) in [5.41, 5.74) is 10.9. The maximum absolute atomic E-state index is 6.58. The summed E-state index contributed by atoms with van der Waals surface area (Å²) in [7, 11) is 0. The lowest BCUT2D eigenvalue weighted by Crippen LogP contribution is -2.01. The molecule has 4 aromatic heterocycles. The molecule has 0 N–H and O–H groups in total. The molecule has 12 rings (SSSR count). The van der Waals surface area contributed by atoms with Crippen LogP contribution in [0.25, 0.3) is 122 Å². The molecule has 0 unspecified atom stereocenters. The Morgan fingerprint density at radius 1 is 0.293 bits per heavy atom. The molecule has 270 valence electrons. The van der Waals surface area contributed by atoms with Crippen molar-refractivity contribution in [2.45, 2.75) is 0 Å². The number of nitrogens with zero attached hydrogens (tertiary/aromatic N) is 4. The molecule has 0 saturated carbocycles. The second-order valence-electron chi connectivity index (χ2n) is 14.5. The smallest absolute Gasteiger partial charge is 0.164 e. The fraction of sp³-hybridized carbons (Fsp3) is 0. The molecule has 0 saturated heterocycles. The minimum Gasteiger partial charge on any atom is -0.456 e. The predicted octanol–water partition coefficient (Wildman–Crippen LogP) is 13.7. The van der Waals surface area contributed by atoms with Crippen LogP contribution in [-0.2, 0) is 0 Å². The zero-order valence-corrected chi connectivity index (χ0v) is 30.9. The van der Waals surface area contributed by atoms with Crippen molar-refractivity contribution in [2.24, 2.45) is 0 Å². The van der Waals surface area contributed by atoms with Gasteiger partial charge in [-0.3, -0.25) is 0 Å². The van der Waals surface area contributed by atoms with Gasteiger partial charge in [0.15, 0.2) is 17.5 Å². The highest BCUT2D eigenvalue weighted by Crippen LogP contribution is 2.42. The maximum Gasteiger partial charge on any atom is 0.164 e. The Hall–Kier alpha value is -7.96. The molecule has 6 nitrogen and oxygen atoms in total. The molecule has 0 aliphatic carbocycles. The van der Waals surface area contributed by atoms with Crippen molar-refractivity contribution < 1.29 is 8.83 Å². The van der Waals surface area contributed by atoms with Crippen molar-refractivity contribution in [3.8, 4) is 56.5 Å². The first kappa shape index (κ1) is 32.3. The Kier molecular flexibility index (Phi) is 7.13. The number of hydrogen-bond donors (Lipinski definition) is 0. The Morgan fingerprint density at radius 2 is 0.862 bits per heavy atom. The Labute approximate surface area is 331 Å². The molecule has 0 amide bonds. The first-order valence-electron chi connectivity index (χ1n) is 19.3. The van der Waals surface area contributed by atoms with E-state index in [1.807, 2.05) is 60.7 Å². The third kappa shape index (κ3) is 5.12. The zero-order valence-electron chi connectivity index (χ0n) is 30.9. The average molecular weight is 743 g/mol. The molecule has 0 spiro atoms. The molecule has 0 bridgehead atoms. The van der Waals surface area contributed by atoms with Gasteiger partial charge in [-0.1, -0.05) is 127 Å². The highest BCUT2D eigenvalue weighted by atomic mass is 16.3. The number of rotatable bonds is 5. The monoisotopic (exact) mass is 742 g/mol. The van der Waals surface area contributed by atoms with E-state index in [9.17, 15) is 0 Å². The summed E-state index contributed by atoms with van der Waals surface area (Å²) in [6.07, 6.45) is 0. The molecule has 0 atom stereocenters. The Balaban J connectivity index is 1.11. The number of pyridine rings is 1. The van der Waals surface area contributed by atoms with Crippen LogP contribution in [0.1, 0.15) is 0 Å². The molecule has 58 heavy (non-hydrogen) atoms. The molecular formula is C52H30N4O2. The number of furan rings is 2. The van der Waals surface area contributed by atoms with E-state index < -0.39 is 0 Å². The topological polar surface area (TPSA) is 77.8 Å². The van der Waals surface area contributed by atoms with Crippen LogP contribution < -0.4 is 0 Å². The van der Waals surface area contributed by atoms with E-state index in [0.29, 0.717) is 17.5 Å². The maximum atomic E-state index is 6.58. The minimum absolute atomic E-state index is 0.553. The van der Waals surface area contributed by atoms with Gasteiger partial charge in [-0.05, 0) is 65.7 Å². The van der Waals surface area contributed by atoms with E-state index in [4.69, 9.17) is 28.8 Å². The number of fused-ring (bicyclic) bond motifs is 10. The van der Waals surface area contributed by atoms with Gasteiger partial charge in [-0.15, -0.1) is 0 Å². The quantitative estimate of drug-likeness (QED) is 0.163. The standard InChI is InChI=1S/C52H30N4O2/c1-3-13-31(14-4-1)35-17-7-8-19-38(35)52-55-50(54-51(56-52)34-23-25-37-36-18-10-12-22-43(36)58-46(37)30-34)33-24-27-44-41(29-33)48-45(57-44)28-26-40-47(48)39-20-9-11-21-42(39)53-49(40)32-15-5-2-6-16-32/h1-30H. The van der Waals surface area contributed by atoms with Gasteiger partial charge in [0.05, 0.1) is 11.2 Å². The molecule has 0 aliphatic rings. The lowest BCUT2D eigenvalue weighted by molar-refractivity contribution is 0.668. The Bertz CT molecular complexity index is 3570. The summed E-state index contributed by atoms with van der Waals surface area (Å²) in [5.74, 6) is 1.69. The van der Waals surface area contributed by atoms with Crippen LogP contribution in [0.5, 0.6) is 0 Å². The molecule has 0 radical (unpaired) electrons. The third-order valence-corrected chi connectivity index (χ3v) is 11.1. The average Bonchev–Trinajstić information content (AvgIpc) is 3.87. The first-order valence-corrected chi connectivity index (χ1v) is 19.3. The highest BCUT2D eigenvalue weighted by molar-refractivity contribution is 6.28. The van der Waals surface area contributed by atoms with Crippen LogP contribution in [-0.4, -0.2) is 19.9 Å². The summed E-state index contributed by atoms with van der Waals surface area (Å²) in [4.78, 5) is 20.8. The van der Waals surface area contributed by atoms with Gasteiger partial charge in [0.1, 0.15) is 22.3 Å². The lowest BCUT2D eigenvalue weighted by atomic mass is 9.96. The number of aromatic nitrogens is 4. The zero-order chi connectivity index (χ0) is 38.2. The van der Waals surface area contributed by atoms with Gasteiger partial charge in [-0.2, -0.15) is 0 Å². The second kappa shape index (κ2) is 12.8. The van der Waals surface area contributed by atoms with E-state index in [-0.39, 0.29) is 0 Å². The van der Waals surface area contributed by atoms with Crippen molar-refractivity contribution >= 4 is 65.6 Å². The summed E-state index contributed by atoms with van der Waals surface area (Å²) >= 11 is 0. The third-order valence-electron chi connectivity index (χ3n) is 11.1. The SMILES string of the molecule is c1ccc(-c2ccccc2-c2nc(-c3ccc4c(c3)oc3ccccc34)nc(-c3ccc4oc5ccc6c(-c7ccccc7)nc7ccccc7c6c5c4c3)n2)cc1. The van der Waals surface area contributed by atoms with Crippen LogP contribution in [0.3, 0.4) is 0 Å². The van der Waals surface area contributed by atoms with Gasteiger partial charge >= 0.3 is 0 Å². The fourth-order valence-corrected chi connectivity index (χ4v) is 8.43.